The predicted molar refractivity (Wildman–Crippen MR) is 77.3 cm³/mol. The van der Waals surface area contributed by atoms with E-state index in [0.29, 0.717) is 6.04 Å². The van der Waals surface area contributed by atoms with Crippen molar-refractivity contribution in [3.63, 3.8) is 0 Å². The van der Waals surface area contributed by atoms with E-state index in [4.69, 9.17) is 4.74 Å². The van der Waals surface area contributed by atoms with Crippen molar-refractivity contribution in [3.05, 3.63) is 16.1 Å². The lowest BCUT2D eigenvalue weighted by Gasteiger charge is -2.39. The molecule has 1 fully saturated rings. The third kappa shape index (κ3) is 3.54. The number of piperidine rings is 1. The molecule has 0 aromatic carbocycles. The van der Waals surface area contributed by atoms with Crippen LogP contribution < -0.4 is 0 Å². The molecule has 0 aliphatic carbocycles. The molecule has 1 aromatic heterocycles. The fourth-order valence-corrected chi connectivity index (χ4v) is 3.53. The van der Waals surface area contributed by atoms with E-state index in [1.54, 1.807) is 18.4 Å². The van der Waals surface area contributed by atoms with Gasteiger partial charge in [-0.3, -0.25) is 4.90 Å². The van der Waals surface area contributed by atoms with Crippen molar-refractivity contribution in [1.29, 1.82) is 0 Å². The predicted octanol–water partition coefficient (Wildman–Crippen LogP) is 2.59. The normalized spacial score (nSPS) is 26.5. The van der Waals surface area contributed by atoms with Gasteiger partial charge in [0.1, 0.15) is 11.1 Å². The van der Waals surface area contributed by atoms with Gasteiger partial charge in [0.2, 0.25) is 0 Å². The zero-order chi connectivity index (χ0) is 13.8. The third-order valence-electron chi connectivity index (χ3n) is 4.02. The molecule has 0 bridgehead atoms. The van der Waals surface area contributed by atoms with E-state index in [0.717, 1.165) is 23.7 Å². The number of rotatable bonds is 5. The van der Waals surface area contributed by atoms with Crippen LogP contribution in [-0.2, 0) is 11.3 Å². The summed E-state index contributed by atoms with van der Waals surface area (Å²) in [6.07, 6.45) is 3.58. The maximum absolute atomic E-state index is 9.51. The Morgan fingerprint density at radius 2 is 2.37 bits per heavy atom. The van der Waals surface area contributed by atoms with Crippen molar-refractivity contribution in [2.24, 2.45) is 0 Å². The van der Waals surface area contributed by atoms with Gasteiger partial charge in [-0.1, -0.05) is 6.42 Å². The minimum Gasteiger partial charge on any atom is -0.395 e. The summed E-state index contributed by atoms with van der Waals surface area (Å²) in [5, 5.41) is 12.7. The van der Waals surface area contributed by atoms with Crippen LogP contribution in [0.5, 0.6) is 0 Å². The van der Waals surface area contributed by atoms with E-state index < -0.39 is 0 Å². The first kappa shape index (κ1) is 14.9. The summed E-state index contributed by atoms with van der Waals surface area (Å²) in [4.78, 5) is 7.04. The van der Waals surface area contributed by atoms with Crippen LogP contribution in [0.15, 0.2) is 5.38 Å². The summed E-state index contributed by atoms with van der Waals surface area (Å²) in [6, 6.07) is 0.810. The molecule has 3 atom stereocenters. The Labute approximate surface area is 119 Å². The second-order valence-electron chi connectivity index (χ2n) is 5.34. The molecule has 0 amide bonds. The number of nitrogens with zero attached hydrogens (tertiary/aromatic N) is 2. The molecule has 1 N–H and O–H groups in total. The van der Waals surface area contributed by atoms with Crippen molar-refractivity contribution >= 4 is 11.3 Å². The zero-order valence-corrected chi connectivity index (χ0v) is 12.8. The molecule has 0 spiro atoms. The van der Waals surface area contributed by atoms with Crippen LogP contribution >= 0.6 is 11.3 Å². The number of hydrogen-bond acceptors (Lipinski definition) is 5. The van der Waals surface area contributed by atoms with Crippen LogP contribution in [0, 0.1) is 0 Å². The lowest BCUT2D eigenvalue weighted by molar-refractivity contribution is 0.0441. The van der Waals surface area contributed by atoms with Gasteiger partial charge in [0, 0.05) is 31.1 Å². The summed E-state index contributed by atoms with van der Waals surface area (Å²) in [7, 11) is 1.71. The highest BCUT2D eigenvalue weighted by Crippen LogP contribution is 2.26. The van der Waals surface area contributed by atoms with Gasteiger partial charge in [-0.2, -0.15) is 0 Å². The van der Waals surface area contributed by atoms with Gasteiger partial charge in [0.25, 0.3) is 0 Å². The van der Waals surface area contributed by atoms with E-state index in [1.807, 2.05) is 6.92 Å². The zero-order valence-electron chi connectivity index (χ0n) is 12.0. The molecular formula is C14H24N2O2S. The third-order valence-corrected chi connectivity index (χ3v) is 5.08. The summed E-state index contributed by atoms with van der Waals surface area (Å²) in [6.45, 7) is 5.34. The lowest BCUT2D eigenvalue weighted by atomic mass is 9.97. The molecule has 5 heteroatoms. The summed E-state index contributed by atoms with van der Waals surface area (Å²) in [5.41, 5.74) is 1.09. The molecule has 1 aliphatic rings. The molecule has 19 heavy (non-hydrogen) atoms. The number of hydrogen-bond donors (Lipinski definition) is 1. The number of aromatic nitrogens is 1. The molecule has 0 radical (unpaired) electrons. The maximum Gasteiger partial charge on any atom is 0.122 e. The van der Waals surface area contributed by atoms with E-state index >= 15 is 0 Å². The van der Waals surface area contributed by atoms with E-state index in [-0.39, 0.29) is 18.8 Å². The van der Waals surface area contributed by atoms with Crippen LogP contribution in [0.1, 0.15) is 49.9 Å². The van der Waals surface area contributed by atoms with Gasteiger partial charge in [-0.15, -0.1) is 11.3 Å². The average molecular weight is 284 g/mol. The van der Waals surface area contributed by atoms with Gasteiger partial charge in [0.05, 0.1) is 12.3 Å². The first-order chi connectivity index (χ1) is 9.15. The molecule has 1 aliphatic heterocycles. The highest BCUT2D eigenvalue weighted by atomic mass is 32.1. The first-order valence-electron chi connectivity index (χ1n) is 6.99. The number of ether oxygens (including phenoxy) is 1. The molecule has 108 valence electrons. The minimum atomic E-state index is 0.0613. The lowest BCUT2D eigenvalue weighted by Crippen LogP contribution is -2.46. The highest BCUT2D eigenvalue weighted by molar-refractivity contribution is 7.09. The van der Waals surface area contributed by atoms with E-state index in [1.165, 1.54) is 12.8 Å². The van der Waals surface area contributed by atoms with E-state index in [2.05, 4.69) is 22.2 Å². The highest BCUT2D eigenvalue weighted by Gasteiger charge is 2.27. The van der Waals surface area contributed by atoms with Crippen molar-refractivity contribution in [1.82, 2.24) is 9.88 Å². The van der Waals surface area contributed by atoms with Gasteiger partial charge in [-0.05, 0) is 26.7 Å². The van der Waals surface area contributed by atoms with Crippen LogP contribution in [0.25, 0.3) is 0 Å². The Bertz CT molecular complexity index is 397. The molecule has 3 unspecified atom stereocenters. The maximum atomic E-state index is 9.51. The van der Waals surface area contributed by atoms with Crippen LogP contribution in [-0.4, -0.2) is 40.8 Å². The fourth-order valence-electron chi connectivity index (χ4n) is 2.69. The van der Waals surface area contributed by atoms with Gasteiger partial charge < -0.3 is 9.84 Å². The Morgan fingerprint density at radius 3 is 3.05 bits per heavy atom. The topological polar surface area (TPSA) is 45.6 Å². The van der Waals surface area contributed by atoms with Crippen molar-refractivity contribution in [2.75, 3.05) is 13.7 Å². The van der Waals surface area contributed by atoms with Gasteiger partial charge >= 0.3 is 0 Å². The molecule has 0 saturated carbocycles. The number of aliphatic hydroxyl groups excluding tert-OH is 1. The number of aliphatic hydroxyl groups is 1. The number of likely N-dealkylation sites (tertiary alicyclic amines) is 1. The van der Waals surface area contributed by atoms with Gasteiger partial charge in [-0.25, -0.2) is 4.98 Å². The standard InChI is InChI=1S/C14H24N2O2S/c1-10-5-4-6-13(8-17)16(10)7-12-9-19-14(15-12)11(2)18-3/h9-11,13,17H,4-8H2,1-3H3. The monoisotopic (exact) mass is 284 g/mol. The molecular weight excluding hydrogens is 260 g/mol. The Kier molecular flexibility index (Phi) is 5.33. The Hall–Kier alpha value is -0.490. The summed E-state index contributed by atoms with van der Waals surface area (Å²) in [5.74, 6) is 0. The minimum absolute atomic E-state index is 0.0613. The first-order valence-corrected chi connectivity index (χ1v) is 7.87. The largest absolute Gasteiger partial charge is 0.395 e. The summed E-state index contributed by atoms with van der Waals surface area (Å²) < 4.78 is 5.30. The summed E-state index contributed by atoms with van der Waals surface area (Å²) >= 11 is 1.66. The van der Waals surface area contributed by atoms with Gasteiger partial charge in [0.15, 0.2) is 0 Å². The Balaban J connectivity index is 2.04. The van der Waals surface area contributed by atoms with Crippen molar-refractivity contribution < 1.29 is 9.84 Å². The number of thiazole rings is 1. The van der Waals surface area contributed by atoms with Crippen LogP contribution in [0.2, 0.25) is 0 Å². The van der Waals surface area contributed by atoms with E-state index in [9.17, 15) is 5.11 Å². The second kappa shape index (κ2) is 6.79. The van der Waals surface area contributed by atoms with Crippen molar-refractivity contribution in [3.8, 4) is 0 Å². The molecule has 2 heterocycles. The SMILES string of the molecule is COC(C)c1nc(CN2C(C)CCCC2CO)cs1. The molecule has 2 rings (SSSR count). The van der Waals surface area contributed by atoms with Crippen molar-refractivity contribution in [2.45, 2.75) is 57.8 Å². The quantitative estimate of drug-likeness (QED) is 0.902. The number of methoxy groups -OCH3 is 1. The average Bonchev–Trinajstić information content (AvgIpc) is 2.88. The second-order valence-corrected chi connectivity index (χ2v) is 6.23. The molecule has 1 aromatic rings. The van der Waals surface area contributed by atoms with Crippen LogP contribution in [0.4, 0.5) is 0 Å². The molecule has 4 nitrogen and oxygen atoms in total. The fraction of sp³-hybridized carbons (Fsp3) is 0.786. The smallest absolute Gasteiger partial charge is 0.122 e. The van der Waals surface area contributed by atoms with Crippen LogP contribution in [0.3, 0.4) is 0 Å². The Morgan fingerprint density at radius 1 is 1.58 bits per heavy atom. The molecule has 1 saturated heterocycles.